The molecule has 0 atom stereocenters. The van der Waals surface area contributed by atoms with Gasteiger partial charge >= 0.3 is 0 Å². The van der Waals surface area contributed by atoms with Gasteiger partial charge in [0.15, 0.2) is 0 Å². The minimum atomic E-state index is 0.0167. The van der Waals surface area contributed by atoms with Crippen LogP contribution in [0.15, 0.2) is 18.2 Å². The molecule has 1 amide bonds. The molecule has 0 unspecified atom stereocenters. The van der Waals surface area contributed by atoms with Gasteiger partial charge in [-0.1, -0.05) is 31.0 Å². The van der Waals surface area contributed by atoms with E-state index in [4.69, 9.17) is 11.6 Å². The smallest absolute Gasteiger partial charge is 0.255 e. The summed E-state index contributed by atoms with van der Waals surface area (Å²) in [5.74, 6) is 0.0167. The summed E-state index contributed by atoms with van der Waals surface area (Å²) in [5.41, 5.74) is 1.80. The van der Waals surface area contributed by atoms with Gasteiger partial charge < -0.3 is 4.90 Å². The summed E-state index contributed by atoms with van der Waals surface area (Å²) in [6, 6.07) is 5.74. The van der Waals surface area contributed by atoms with E-state index in [0.717, 1.165) is 12.8 Å². The number of aryl methyl sites for hydroxylation is 1. The molecule has 0 saturated carbocycles. The second kappa shape index (κ2) is 6.65. The van der Waals surface area contributed by atoms with Crippen molar-refractivity contribution in [3.8, 4) is 0 Å². The van der Waals surface area contributed by atoms with E-state index in [0.29, 0.717) is 23.7 Å². The molecule has 1 rings (SSSR count). The topological polar surface area (TPSA) is 20.3 Å². The van der Waals surface area contributed by atoms with E-state index in [1.165, 1.54) is 5.56 Å². The van der Waals surface area contributed by atoms with Crippen LogP contribution < -0.4 is 0 Å². The second-order valence-electron chi connectivity index (χ2n) is 4.04. The van der Waals surface area contributed by atoms with Crippen LogP contribution in [0.4, 0.5) is 0 Å². The van der Waals surface area contributed by atoms with Crippen molar-refractivity contribution in [1.29, 1.82) is 0 Å². The summed E-state index contributed by atoms with van der Waals surface area (Å²) in [6.45, 7) is 7.50. The highest BCUT2D eigenvalue weighted by Crippen LogP contribution is 2.20. The fourth-order valence-corrected chi connectivity index (χ4v) is 2.14. The number of hydrogen-bond donors (Lipinski definition) is 0. The van der Waals surface area contributed by atoms with Crippen LogP contribution >= 0.6 is 11.6 Å². The number of hydrogen-bond acceptors (Lipinski definition) is 1. The Labute approximate surface area is 109 Å². The molecule has 3 heteroatoms. The van der Waals surface area contributed by atoms with Gasteiger partial charge in [0.1, 0.15) is 0 Å². The number of carbonyl (C=O) groups excluding carboxylic acids is 1. The van der Waals surface area contributed by atoms with Crippen molar-refractivity contribution < 1.29 is 4.79 Å². The molecule has 1 aromatic carbocycles. The van der Waals surface area contributed by atoms with Gasteiger partial charge in [-0.25, -0.2) is 0 Å². The van der Waals surface area contributed by atoms with E-state index in [-0.39, 0.29) is 5.91 Å². The lowest BCUT2D eigenvalue weighted by molar-refractivity contribution is 0.0773. The molecular weight excluding hydrogens is 234 g/mol. The molecule has 0 aliphatic heterocycles. The van der Waals surface area contributed by atoms with Crippen LogP contribution in [0.5, 0.6) is 0 Å². The quantitative estimate of drug-likeness (QED) is 0.782. The van der Waals surface area contributed by atoms with E-state index in [1.807, 2.05) is 32.0 Å². The Morgan fingerprint density at radius 1 is 1.24 bits per heavy atom. The molecule has 0 bridgehead atoms. The van der Waals surface area contributed by atoms with Gasteiger partial charge in [0, 0.05) is 13.1 Å². The Kier molecular flexibility index (Phi) is 5.49. The van der Waals surface area contributed by atoms with Crippen molar-refractivity contribution in [2.24, 2.45) is 0 Å². The average molecular weight is 254 g/mol. The molecule has 94 valence electrons. The predicted molar refractivity (Wildman–Crippen MR) is 72.7 cm³/mol. The minimum absolute atomic E-state index is 0.0167. The second-order valence-corrected chi connectivity index (χ2v) is 4.45. The molecule has 2 nitrogen and oxygen atoms in total. The van der Waals surface area contributed by atoms with Crippen LogP contribution in [-0.2, 0) is 6.42 Å². The van der Waals surface area contributed by atoms with Crippen molar-refractivity contribution in [2.45, 2.75) is 33.6 Å². The zero-order valence-corrected chi connectivity index (χ0v) is 11.5. The molecular formula is C14H20ClNO. The molecule has 1 aromatic rings. The number of halogens is 1. The van der Waals surface area contributed by atoms with Gasteiger partial charge in [-0.15, -0.1) is 0 Å². The summed E-state index contributed by atoms with van der Waals surface area (Å²) >= 11 is 6.17. The number of nitrogens with zero attached hydrogens (tertiary/aromatic N) is 1. The van der Waals surface area contributed by atoms with E-state index in [2.05, 4.69) is 6.92 Å². The zero-order valence-electron chi connectivity index (χ0n) is 10.8. The molecule has 0 aliphatic carbocycles. The lowest BCUT2D eigenvalue weighted by atomic mass is 10.1. The lowest BCUT2D eigenvalue weighted by Gasteiger charge is -2.19. The van der Waals surface area contributed by atoms with Crippen LogP contribution in [0.1, 0.15) is 43.1 Å². The molecule has 0 heterocycles. The third kappa shape index (κ3) is 3.47. The lowest BCUT2D eigenvalue weighted by Crippen LogP contribution is -2.30. The maximum atomic E-state index is 12.1. The summed E-state index contributed by atoms with van der Waals surface area (Å²) in [7, 11) is 0. The Bertz CT molecular complexity index is 386. The molecule has 0 saturated heterocycles. The zero-order chi connectivity index (χ0) is 12.8. The SMILES string of the molecule is CCCc1ccc(C(=O)N(CC)CC)c(Cl)c1. The first kappa shape index (κ1) is 14.0. The molecule has 0 N–H and O–H groups in total. The Morgan fingerprint density at radius 2 is 1.88 bits per heavy atom. The van der Waals surface area contributed by atoms with Gasteiger partial charge in [0.2, 0.25) is 0 Å². The van der Waals surface area contributed by atoms with Crippen LogP contribution in [0.3, 0.4) is 0 Å². The fraction of sp³-hybridized carbons (Fsp3) is 0.500. The first-order valence-electron chi connectivity index (χ1n) is 6.21. The largest absolute Gasteiger partial charge is 0.339 e. The molecule has 0 aliphatic rings. The highest BCUT2D eigenvalue weighted by molar-refractivity contribution is 6.33. The monoisotopic (exact) mass is 253 g/mol. The summed E-state index contributed by atoms with van der Waals surface area (Å²) in [4.78, 5) is 13.9. The molecule has 0 spiro atoms. The van der Waals surface area contributed by atoms with Gasteiger partial charge in [-0.2, -0.15) is 0 Å². The normalized spacial score (nSPS) is 10.4. The first-order valence-corrected chi connectivity index (χ1v) is 6.59. The standard InChI is InChI=1S/C14H20ClNO/c1-4-7-11-8-9-12(13(15)10-11)14(17)16(5-2)6-3/h8-10H,4-7H2,1-3H3. The summed E-state index contributed by atoms with van der Waals surface area (Å²) < 4.78 is 0. The number of amides is 1. The first-order chi connectivity index (χ1) is 8.13. The van der Waals surface area contributed by atoms with Crippen molar-refractivity contribution in [3.63, 3.8) is 0 Å². The number of rotatable bonds is 5. The van der Waals surface area contributed by atoms with Gasteiger partial charge in [0.05, 0.1) is 10.6 Å². The Morgan fingerprint density at radius 3 is 2.35 bits per heavy atom. The molecule has 17 heavy (non-hydrogen) atoms. The van der Waals surface area contributed by atoms with Crippen molar-refractivity contribution in [3.05, 3.63) is 34.3 Å². The van der Waals surface area contributed by atoms with E-state index < -0.39 is 0 Å². The summed E-state index contributed by atoms with van der Waals surface area (Å²) in [5, 5.41) is 0.563. The summed E-state index contributed by atoms with van der Waals surface area (Å²) in [6.07, 6.45) is 2.08. The van der Waals surface area contributed by atoms with E-state index in [9.17, 15) is 4.79 Å². The predicted octanol–water partition coefficient (Wildman–Crippen LogP) is 3.77. The molecule has 0 radical (unpaired) electrons. The highest BCUT2D eigenvalue weighted by Gasteiger charge is 2.15. The van der Waals surface area contributed by atoms with Gasteiger partial charge in [-0.05, 0) is 38.0 Å². The van der Waals surface area contributed by atoms with Crippen molar-refractivity contribution in [2.75, 3.05) is 13.1 Å². The van der Waals surface area contributed by atoms with E-state index in [1.54, 1.807) is 4.90 Å². The average Bonchev–Trinajstić information content (AvgIpc) is 2.31. The minimum Gasteiger partial charge on any atom is -0.339 e. The highest BCUT2D eigenvalue weighted by atomic mass is 35.5. The number of carbonyl (C=O) groups is 1. The maximum absolute atomic E-state index is 12.1. The van der Waals surface area contributed by atoms with E-state index >= 15 is 0 Å². The molecule has 0 fully saturated rings. The van der Waals surface area contributed by atoms with Gasteiger partial charge in [-0.3, -0.25) is 4.79 Å². The Balaban J connectivity index is 2.95. The third-order valence-electron chi connectivity index (χ3n) is 2.85. The maximum Gasteiger partial charge on any atom is 0.255 e. The van der Waals surface area contributed by atoms with Crippen LogP contribution in [0, 0.1) is 0 Å². The Hall–Kier alpha value is -1.02. The van der Waals surface area contributed by atoms with Crippen molar-refractivity contribution in [1.82, 2.24) is 4.90 Å². The number of benzene rings is 1. The van der Waals surface area contributed by atoms with Crippen molar-refractivity contribution >= 4 is 17.5 Å². The molecule has 0 aromatic heterocycles. The van der Waals surface area contributed by atoms with Crippen LogP contribution in [0.2, 0.25) is 5.02 Å². The van der Waals surface area contributed by atoms with Gasteiger partial charge in [0.25, 0.3) is 5.91 Å². The van der Waals surface area contributed by atoms with Crippen LogP contribution in [0.25, 0.3) is 0 Å². The van der Waals surface area contributed by atoms with Crippen LogP contribution in [-0.4, -0.2) is 23.9 Å². The fourth-order valence-electron chi connectivity index (χ4n) is 1.86. The third-order valence-corrected chi connectivity index (χ3v) is 3.17.